The van der Waals surface area contributed by atoms with E-state index in [0.29, 0.717) is 36.9 Å². The van der Waals surface area contributed by atoms with Crippen molar-refractivity contribution in [2.24, 2.45) is 5.73 Å². The minimum Gasteiger partial charge on any atom is -0.492 e. The van der Waals surface area contributed by atoms with Crippen LogP contribution in [0.5, 0.6) is 5.75 Å². The Morgan fingerprint density at radius 3 is 2.65 bits per heavy atom. The quantitative estimate of drug-likeness (QED) is 0.882. The van der Waals surface area contributed by atoms with Gasteiger partial charge in [0, 0.05) is 25.4 Å². The maximum Gasteiger partial charge on any atom is 0.243 e. The van der Waals surface area contributed by atoms with Crippen LogP contribution in [0, 0.1) is 0 Å². The Bertz CT molecular complexity index is 509. The number of sulfonamides is 1. The highest BCUT2D eigenvalue weighted by Gasteiger charge is 2.25. The summed E-state index contributed by atoms with van der Waals surface area (Å²) in [6, 6.07) is 6.54. The lowest BCUT2D eigenvalue weighted by Crippen LogP contribution is -2.32. The molecule has 1 aromatic rings. The summed E-state index contributed by atoms with van der Waals surface area (Å²) in [6.45, 7) is 2.04. The summed E-state index contributed by atoms with van der Waals surface area (Å²) in [5.41, 5.74) is 5.36. The Kier molecular flexibility index (Phi) is 5.71. The first-order valence-corrected chi connectivity index (χ1v) is 9.25. The first-order chi connectivity index (χ1) is 9.64. The third kappa shape index (κ3) is 3.88. The summed E-state index contributed by atoms with van der Waals surface area (Å²) in [7, 11) is -3.38. The topological polar surface area (TPSA) is 72.6 Å². The molecular formula is C13H20N2O3S2. The molecule has 0 aliphatic carbocycles. The van der Waals surface area contributed by atoms with Gasteiger partial charge in [-0.2, -0.15) is 16.1 Å². The Hall–Kier alpha value is -0.760. The van der Waals surface area contributed by atoms with E-state index >= 15 is 0 Å². The third-order valence-corrected chi connectivity index (χ3v) is 5.99. The number of ether oxygens (including phenoxy) is 1. The van der Waals surface area contributed by atoms with Crippen molar-refractivity contribution in [1.82, 2.24) is 4.31 Å². The fourth-order valence-electron chi connectivity index (χ4n) is 2.00. The van der Waals surface area contributed by atoms with Gasteiger partial charge in [0.25, 0.3) is 0 Å². The monoisotopic (exact) mass is 316 g/mol. The standard InChI is InChI=1S/C13H20N2O3S2/c14-6-9-18-12-2-4-13(5-3-12)20(16,17)15-7-1-10-19-11-8-15/h2-5H,1,6-11,14H2. The van der Waals surface area contributed by atoms with Crippen LogP contribution in [0.1, 0.15) is 6.42 Å². The maximum absolute atomic E-state index is 12.5. The molecule has 1 saturated heterocycles. The molecule has 0 atom stereocenters. The normalized spacial score (nSPS) is 17.6. The van der Waals surface area contributed by atoms with Crippen molar-refractivity contribution >= 4 is 21.8 Å². The molecule has 20 heavy (non-hydrogen) atoms. The first-order valence-electron chi connectivity index (χ1n) is 6.65. The first kappa shape index (κ1) is 15.6. The van der Waals surface area contributed by atoms with E-state index in [1.807, 2.05) is 0 Å². The van der Waals surface area contributed by atoms with E-state index < -0.39 is 10.0 Å². The van der Waals surface area contributed by atoms with Gasteiger partial charge < -0.3 is 10.5 Å². The second-order valence-electron chi connectivity index (χ2n) is 4.48. The zero-order valence-corrected chi connectivity index (χ0v) is 13.0. The highest BCUT2D eigenvalue weighted by Crippen LogP contribution is 2.22. The van der Waals surface area contributed by atoms with Crippen LogP contribution in [0.4, 0.5) is 0 Å². The highest BCUT2D eigenvalue weighted by molar-refractivity contribution is 7.99. The van der Waals surface area contributed by atoms with Gasteiger partial charge in [0.15, 0.2) is 0 Å². The Morgan fingerprint density at radius 1 is 1.20 bits per heavy atom. The molecule has 0 saturated carbocycles. The molecule has 0 spiro atoms. The van der Waals surface area contributed by atoms with E-state index in [0.717, 1.165) is 17.9 Å². The number of hydrogen-bond acceptors (Lipinski definition) is 5. The number of benzene rings is 1. The summed E-state index contributed by atoms with van der Waals surface area (Å²) in [5.74, 6) is 2.52. The summed E-state index contributed by atoms with van der Waals surface area (Å²) in [5, 5.41) is 0. The lowest BCUT2D eigenvalue weighted by molar-refractivity contribution is 0.328. The lowest BCUT2D eigenvalue weighted by Gasteiger charge is -2.19. The van der Waals surface area contributed by atoms with Crippen molar-refractivity contribution < 1.29 is 13.2 Å². The van der Waals surface area contributed by atoms with Gasteiger partial charge in [0.1, 0.15) is 12.4 Å². The lowest BCUT2D eigenvalue weighted by atomic mass is 10.3. The summed E-state index contributed by atoms with van der Waals surface area (Å²) < 4.78 is 32.0. The molecule has 1 aliphatic rings. The maximum atomic E-state index is 12.5. The summed E-state index contributed by atoms with van der Waals surface area (Å²) >= 11 is 1.80. The van der Waals surface area contributed by atoms with Crippen LogP contribution in [-0.4, -0.2) is 50.5 Å². The molecule has 1 heterocycles. The molecule has 1 aliphatic heterocycles. The van der Waals surface area contributed by atoms with Crippen LogP contribution in [0.3, 0.4) is 0 Å². The molecule has 112 valence electrons. The molecule has 2 rings (SSSR count). The Balaban J connectivity index is 2.12. The van der Waals surface area contributed by atoms with Crippen LogP contribution >= 0.6 is 11.8 Å². The van der Waals surface area contributed by atoms with E-state index in [1.165, 1.54) is 0 Å². The minimum absolute atomic E-state index is 0.324. The van der Waals surface area contributed by atoms with Gasteiger partial charge in [-0.3, -0.25) is 0 Å². The average molecular weight is 316 g/mol. The van der Waals surface area contributed by atoms with Crippen molar-refractivity contribution in [3.63, 3.8) is 0 Å². The van der Waals surface area contributed by atoms with E-state index in [1.54, 1.807) is 40.3 Å². The van der Waals surface area contributed by atoms with Crippen LogP contribution in [0.25, 0.3) is 0 Å². The second-order valence-corrected chi connectivity index (χ2v) is 7.64. The average Bonchev–Trinajstić information content (AvgIpc) is 2.75. The minimum atomic E-state index is -3.38. The molecule has 2 N–H and O–H groups in total. The predicted octanol–water partition coefficient (Wildman–Crippen LogP) is 1.15. The zero-order chi connectivity index (χ0) is 14.4. The summed E-state index contributed by atoms with van der Waals surface area (Å²) in [6.07, 6.45) is 0.904. The summed E-state index contributed by atoms with van der Waals surface area (Å²) in [4.78, 5) is 0.324. The number of nitrogens with zero attached hydrogens (tertiary/aromatic N) is 1. The molecule has 1 aromatic carbocycles. The van der Waals surface area contributed by atoms with Crippen LogP contribution < -0.4 is 10.5 Å². The van der Waals surface area contributed by atoms with Crippen LogP contribution in [0.15, 0.2) is 29.2 Å². The zero-order valence-electron chi connectivity index (χ0n) is 11.3. The third-order valence-electron chi connectivity index (χ3n) is 3.03. The second kappa shape index (κ2) is 7.31. The van der Waals surface area contributed by atoms with Gasteiger partial charge in [-0.25, -0.2) is 8.42 Å². The van der Waals surface area contributed by atoms with Gasteiger partial charge in [-0.1, -0.05) is 0 Å². The van der Waals surface area contributed by atoms with E-state index in [2.05, 4.69) is 0 Å². The number of rotatable bonds is 5. The fourth-order valence-corrected chi connectivity index (χ4v) is 4.48. The molecule has 0 amide bonds. The van der Waals surface area contributed by atoms with Crippen LogP contribution in [-0.2, 0) is 10.0 Å². The smallest absolute Gasteiger partial charge is 0.243 e. The Morgan fingerprint density at radius 2 is 1.95 bits per heavy atom. The van der Waals surface area contributed by atoms with Crippen molar-refractivity contribution in [2.75, 3.05) is 37.7 Å². The highest BCUT2D eigenvalue weighted by atomic mass is 32.2. The molecule has 0 radical (unpaired) electrons. The molecule has 0 unspecified atom stereocenters. The number of hydrogen-bond donors (Lipinski definition) is 1. The van der Waals surface area contributed by atoms with Crippen molar-refractivity contribution in [2.45, 2.75) is 11.3 Å². The van der Waals surface area contributed by atoms with Crippen molar-refractivity contribution in [1.29, 1.82) is 0 Å². The van der Waals surface area contributed by atoms with Crippen LogP contribution in [0.2, 0.25) is 0 Å². The molecule has 0 bridgehead atoms. The molecule has 1 fully saturated rings. The largest absolute Gasteiger partial charge is 0.492 e. The Labute approximate surface area is 124 Å². The van der Waals surface area contributed by atoms with Gasteiger partial charge in [0.2, 0.25) is 10.0 Å². The van der Waals surface area contributed by atoms with Crippen molar-refractivity contribution in [3.8, 4) is 5.75 Å². The van der Waals surface area contributed by atoms with Gasteiger partial charge >= 0.3 is 0 Å². The van der Waals surface area contributed by atoms with E-state index in [-0.39, 0.29) is 0 Å². The van der Waals surface area contributed by atoms with Gasteiger partial charge in [-0.05, 0) is 36.4 Å². The SMILES string of the molecule is NCCOc1ccc(S(=O)(=O)N2CCCSCC2)cc1. The molecule has 0 aromatic heterocycles. The molecule has 5 nitrogen and oxygen atoms in total. The predicted molar refractivity (Wildman–Crippen MR) is 81.7 cm³/mol. The number of nitrogens with two attached hydrogens (primary N) is 1. The number of thioether (sulfide) groups is 1. The van der Waals surface area contributed by atoms with Gasteiger partial charge in [0.05, 0.1) is 4.90 Å². The fraction of sp³-hybridized carbons (Fsp3) is 0.538. The van der Waals surface area contributed by atoms with Gasteiger partial charge in [-0.15, -0.1) is 0 Å². The molecule has 7 heteroatoms. The molecular weight excluding hydrogens is 296 g/mol. The van der Waals surface area contributed by atoms with E-state index in [4.69, 9.17) is 10.5 Å². The van der Waals surface area contributed by atoms with Crippen molar-refractivity contribution in [3.05, 3.63) is 24.3 Å². The van der Waals surface area contributed by atoms with E-state index in [9.17, 15) is 8.42 Å².